The first-order chi connectivity index (χ1) is 13.2. The van der Waals surface area contributed by atoms with Crippen molar-refractivity contribution in [3.05, 3.63) is 94.5 Å². The first-order valence-corrected chi connectivity index (χ1v) is 8.92. The molecular weight excluding hydrogens is 360 g/mol. The van der Waals surface area contributed by atoms with Gasteiger partial charge in [-0.25, -0.2) is 0 Å². The van der Waals surface area contributed by atoms with Crippen molar-refractivity contribution in [1.82, 2.24) is 0 Å². The van der Waals surface area contributed by atoms with Crippen LogP contribution in [0, 0.1) is 0 Å². The van der Waals surface area contributed by atoms with E-state index in [-0.39, 0.29) is 5.91 Å². The van der Waals surface area contributed by atoms with Crippen LogP contribution in [-0.4, -0.2) is 18.9 Å². The van der Waals surface area contributed by atoms with Crippen molar-refractivity contribution >= 4 is 29.0 Å². The van der Waals surface area contributed by atoms with Crippen LogP contribution in [0.25, 0.3) is 0 Å². The molecule has 0 fully saturated rings. The average Bonchev–Trinajstić information content (AvgIpc) is 3.07. The standard InChI is InChI=1S/C22H17ClN2O2/c1-27-19-7-4-6-15(13-19)22(26)24-21-20-8-3-2-5-16(20)14-25(21)18-11-9-17(23)10-12-18/h2-13H,14H2,1H3. The van der Waals surface area contributed by atoms with E-state index in [4.69, 9.17) is 16.3 Å². The van der Waals surface area contributed by atoms with Crippen molar-refractivity contribution in [2.45, 2.75) is 6.54 Å². The Morgan fingerprint density at radius 3 is 2.59 bits per heavy atom. The van der Waals surface area contributed by atoms with Crippen LogP contribution in [0.4, 0.5) is 5.69 Å². The number of amidine groups is 1. The van der Waals surface area contributed by atoms with Crippen LogP contribution in [0.5, 0.6) is 5.75 Å². The van der Waals surface area contributed by atoms with Gasteiger partial charge < -0.3 is 9.64 Å². The van der Waals surface area contributed by atoms with Gasteiger partial charge in [0, 0.05) is 21.8 Å². The normalized spacial score (nSPS) is 14.3. The van der Waals surface area contributed by atoms with Crippen molar-refractivity contribution in [2.75, 3.05) is 12.0 Å². The highest BCUT2D eigenvalue weighted by Gasteiger charge is 2.27. The van der Waals surface area contributed by atoms with Gasteiger partial charge in [0.1, 0.15) is 11.6 Å². The minimum Gasteiger partial charge on any atom is -0.497 e. The lowest BCUT2D eigenvalue weighted by molar-refractivity contribution is 0.100. The Bertz CT molecular complexity index is 1030. The number of ether oxygens (including phenoxy) is 1. The molecule has 0 aliphatic carbocycles. The van der Waals surface area contributed by atoms with E-state index >= 15 is 0 Å². The maximum Gasteiger partial charge on any atom is 0.279 e. The Balaban J connectivity index is 1.76. The molecule has 0 atom stereocenters. The number of rotatable bonds is 3. The number of nitrogens with zero attached hydrogens (tertiary/aromatic N) is 2. The molecule has 4 nitrogen and oxygen atoms in total. The molecule has 27 heavy (non-hydrogen) atoms. The summed E-state index contributed by atoms with van der Waals surface area (Å²) in [6.45, 7) is 0.655. The van der Waals surface area contributed by atoms with Gasteiger partial charge in [0.25, 0.3) is 5.91 Å². The Kier molecular flexibility index (Phi) is 4.65. The summed E-state index contributed by atoms with van der Waals surface area (Å²) >= 11 is 6.02. The minimum atomic E-state index is -0.306. The fourth-order valence-electron chi connectivity index (χ4n) is 3.14. The molecule has 1 heterocycles. The number of carbonyl (C=O) groups excluding carboxylic acids is 1. The number of halogens is 1. The van der Waals surface area contributed by atoms with E-state index in [1.807, 2.05) is 47.4 Å². The van der Waals surface area contributed by atoms with Gasteiger partial charge in [-0.15, -0.1) is 0 Å². The van der Waals surface area contributed by atoms with Crippen molar-refractivity contribution in [3.63, 3.8) is 0 Å². The molecule has 1 aliphatic rings. The molecule has 0 unspecified atom stereocenters. The average molecular weight is 377 g/mol. The largest absolute Gasteiger partial charge is 0.497 e. The third-order valence-electron chi connectivity index (χ3n) is 4.50. The van der Waals surface area contributed by atoms with E-state index in [9.17, 15) is 4.79 Å². The zero-order valence-electron chi connectivity index (χ0n) is 14.7. The number of hydrogen-bond acceptors (Lipinski definition) is 2. The minimum absolute atomic E-state index is 0.306. The zero-order chi connectivity index (χ0) is 18.8. The number of aliphatic imine (C=N–C) groups is 1. The highest BCUT2D eigenvalue weighted by atomic mass is 35.5. The highest BCUT2D eigenvalue weighted by Crippen LogP contribution is 2.30. The summed E-state index contributed by atoms with van der Waals surface area (Å²) in [5, 5.41) is 0.668. The molecule has 0 saturated carbocycles. The van der Waals surface area contributed by atoms with E-state index < -0.39 is 0 Å². The fourth-order valence-corrected chi connectivity index (χ4v) is 3.26. The Labute approximate surface area is 162 Å². The summed E-state index contributed by atoms with van der Waals surface area (Å²) in [5.74, 6) is 0.961. The lowest BCUT2D eigenvalue weighted by atomic mass is 10.1. The van der Waals surface area contributed by atoms with E-state index in [0.717, 1.165) is 16.8 Å². The second-order valence-electron chi connectivity index (χ2n) is 6.19. The number of hydrogen-bond donors (Lipinski definition) is 0. The van der Waals surface area contributed by atoms with E-state index in [1.54, 1.807) is 31.4 Å². The maximum absolute atomic E-state index is 12.8. The predicted octanol–water partition coefficient (Wildman–Crippen LogP) is 4.96. The summed E-state index contributed by atoms with van der Waals surface area (Å²) in [7, 11) is 1.57. The first-order valence-electron chi connectivity index (χ1n) is 8.54. The second-order valence-corrected chi connectivity index (χ2v) is 6.63. The van der Waals surface area contributed by atoms with Crippen LogP contribution < -0.4 is 9.64 Å². The Hall–Kier alpha value is -3.11. The topological polar surface area (TPSA) is 41.9 Å². The number of anilines is 1. The van der Waals surface area contributed by atoms with Crippen molar-refractivity contribution < 1.29 is 9.53 Å². The molecule has 0 bridgehead atoms. The second kappa shape index (κ2) is 7.25. The Morgan fingerprint density at radius 1 is 1.04 bits per heavy atom. The van der Waals surface area contributed by atoms with Crippen molar-refractivity contribution in [2.24, 2.45) is 4.99 Å². The fraction of sp³-hybridized carbons (Fsp3) is 0.0909. The molecule has 0 radical (unpaired) electrons. The number of methoxy groups -OCH3 is 1. The number of amides is 1. The molecule has 0 spiro atoms. The van der Waals surface area contributed by atoms with Gasteiger partial charge in [-0.2, -0.15) is 4.99 Å². The van der Waals surface area contributed by atoms with Crippen LogP contribution in [0.1, 0.15) is 21.5 Å². The van der Waals surface area contributed by atoms with Gasteiger partial charge in [0.2, 0.25) is 0 Å². The molecule has 1 aliphatic heterocycles. The maximum atomic E-state index is 12.8. The first kappa shape index (κ1) is 17.3. The van der Waals surface area contributed by atoms with Gasteiger partial charge >= 0.3 is 0 Å². The highest BCUT2D eigenvalue weighted by molar-refractivity contribution is 6.30. The van der Waals surface area contributed by atoms with E-state index in [1.165, 1.54) is 0 Å². The number of carbonyl (C=O) groups is 1. The summed E-state index contributed by atoms with van der Waals surface area (Å²) in [5.41, 5.74) is 3.52. The summed E-state index contributed by atoms with van der Waals surface area (Å²) < 4.78 is 5.21. The zero-order valence-corrected chi connectivity index (χ0v) is 15.5. The van der Waals surface area contributed by atoms with Gasteiger partial charge in [-0.3, -0.25) is 4.79 Å². The van der Waals surface area contributed by atoms with Crippen LogP contribution in [-0.2, 0) is 6.54 Å². The van der Waals surface area contributed by atoms with Crippen molar-refractivity contribution in [3.8, 4) is 5.75 Å². The van der Waals surface area contributed by atoms with Gasteiger partial charge in [-0.05, 0) is 48.0 Å². The third-order valence-corrected chi connectivity index (χ3v) is 4.76. The Morgan fingerprint density at radius 2 is 1.81 bits per heavy atom. The smallest absolute Gasteiger partial charge is 0.279 e. The quantitative estimate of drug-likeness (QED) is 0.649. The molecule has 0 N–H and O–H groups in total. The molecule has 3 aromatic carbocycles. The molecule has 5 heteroatoms. The lowest BCUT2D eigenvalue weighted by Gasteiger charge is -2.19. The van der Waals surface area contributed by atoms with Crippen LogP contribution in [0.3, 0.4) is 0 Å². The van der Waals surface area contributed by atoms with Crippen LogP contribution in [0.2, 0.25) is 5.02 Å². The summed E-state index contributed by atoms with van der Waals surface area (Å²) in [4.78, 5) is 19.3. The lowest BCUT2D eigenvalue weighted by Crippen LogP contribution is -2.25. The number of benzene rings is 3. The third kappa shape index (κ3) is 3.44. The molecule has 134 valence electrons. The molecule has 0 saturated heterocycles. The van der Waals surface area contributed by atoms with E-state index in [0.29, 0.717) is 28.7 Å². The molecule has 3 aromatic rings. The van der Waals surface area contributed by atoms with Gasteiger partial charge in [0.15, 0.2) is 0 Å². The van der Waals surface area contributed by atoms with Crippen LogP contribution in [0.15, 0.2) is 77.8 Å². The summed E-state index contributed by atoms with van der Waals surface area (Å²) in [6, 6.07) is 22.5. The molecular formula is C22H17ClN2O2. The van der Waals surface area contributed by atoms with E-state index in [2.05, 4.69) is 11.1 Å². The van der Waals surface area contributed by atoms with Crippen LogP contribution >= 0.6 is 11.6 Å². The molecule has 1 amide bonds. The van der Waals surface area contributed by atoms with Gasteiger partial charge in [-0.1, -0.05) is 41.9 Å². The molecule has 0 aromatic heterocycles. The summed E-state index contributed by atoms with van der Waals surface area (Å²) in [6.07, 6.45) is 0. The SMILES string of the molecule is COc1cccc(C(=O)N=C2c3ccccc3CN2c2ccc(Cl)cc2)c1. The van der Waals surface area contributed by atoms with Crippen molar-refractivity contribution in [1.29, 1.82) is 0 Å². The monoisotopic (exact) mass is 376 g/mol. The number of fused-ring (bicyclic) bond motifs is 1. The predicted molar refractivity (Wildman–Crippen MR) is 108 cm³/mol. The van der Waals surface area contributed by atoms with Gasteiger partial charge in [0.05, 0.1) is 13.7 Å². The molecule has 4 rings (SSSR count).